The molecule has 2 rings (SSSR count). The molecule has 2 amide bonds. The van der Waals surface area contributed by atoms with Crippen LogP contribution >= 0.6 is 11.3 Å². The topological polar surface area (TPSA) is 62.3 Å². The molecule has 2 atom stereocenters. The van der Waals surface area contributed by atoms with E-state index in [0.29, 0.717) is 12.8 Å². The summed E-state index contributed by atoms with van der Waals surface area (Å²) in [5.74, 6) is -0.240. The molecule has 0 spiro atoms. The van der Waals surface area contributed by atoms with E-state index < -0.39 is 0 Å². The van der Waals surface area contributed by atoms with E-state index >= 15 is 0 Å². The Hall–Kier alpha value is -1.27. The van der Waals surface area contributed by atoms with E-state index in [9.17, 15) is 9.59 Å². The van der Waals surface area contributed by atoms with Crippen LogP contribution in [0.3, 0.4) is 0 Å². The highest BCUT2D eigenvalue weighted by molar-refractivity contribution is 7.09. The average molecular weight is 253 g/mol. The molecule has 1 aromatic heterocycles. The zero-order valence-electron chi connectivity index (χ0n) is 9.84. The number of amides is 2. The molecule has 0 aromatic carbocycles. The van der Waals surface area contributed by atoms with Gasteiger partial charge in [0.25, 0.3) is 0 Å². The summed E-state index contributed by atoms with van der Waals surface area (Å²) in [5, 5.41) is 3.25. The summed E-state index contributed by atoms with van der Waals surface area (Å²) in [6.07, 6.45) is 2.80. The normalized spacial score (nSPS) is 22.9. The maximum Gasteiger partial charge on any atom is 0.246 e. The highest BCUT2D eigenvalue weighted by atomic mass is 32.1. The third-order valence-electron chi connectivity index (χ3n) is 2.98. The molecule has 1 aliphatic heterocycles. The Bertz CT molecular complexity index is 418. The van der Waals surface area contributed by atoms with E-state index in [2.05, 4.69) is 10.3 Å². The minimum Gasteiger partial charge on any atom is -0.298 e. The fourth-order valence-electron chi connectivity index (χ4n) is 1.89. The van der Waals surface area contributed by atoms with Crippen molar-refractivity contribution < 1.29 is 9.59 Å². The van der Waals surface area contributed by atoms with Crippen LogP contribution in [0.1, 0.15) is 30.7 Å². The number of likely N-dealkylation sites (N-methyl/N-ethyl adjacent to an activating group) is 1. The molecular formula is C11H15N3O2S. The number of nitrogens with zero attached hydrogens (tertiary/aromatic N) is 2. The lowest BCUT2D eigenvalue weighted by Crippen LogP contribution is -2.51. The second-order valence-corrected chi connectivity index (χ2v) is 5.09. The predicted octanol–water partition coefficient (Wildman–Crippen LogP) is 0.941. The van der Waals surface area contributed by atoms with Gasteiger partial charge in [-0.15, -0.1) is 11.3 Å². The molecule has 1 N–H and O–H groups in total. The van der Waals surface area contributed by atoms with Gasteiger partial charge in [0, 0.05) is 30.6 Å². The number of carbonyl (C=O) groups excluding carboxylic acids is 2. The molecule has 17 heavy (non-hydrogen) atoms. The van der Waals surface area contributed by atoms with Crippen molar-refractivity contribution in [1.29, 1.82) is 0 Å². The first-order chi connectivity index (χ1) is 8.09. The number of hydrogen-bond acceptors (Lipinski definition) is 5. The van der Waals surface area contributed by atoms with Gasteiger partial charge in [-0.25, -0.2) is 0 Å². The van der Waals surface area contributed by atoms with Crippen LogP contribution in [-0.4, -0.2) is 34.8 Å². The van der Waals surface area contributed by atoms with Crippen LogP contribution in [0.15, 0.2) is 11.7 Å². The first kappa shape index (κ1) is 12.2. The summed E-state index contributed by atoms with van der Waals surface area (Å²) in [4.78, 5) is 29.5. The number of thiazole rings is 1. The van der Waals surface area contributed by atoms with Gasteiger partial charge in [-0.05, 0) is 13.3 Å². The molecule has 2 unspecified atom stereocenters. The van der Waals surface area contributed by atoms with Crippen molar-refractivity contribution in [3.8, 4) is 0 Å². The van der Waals surface area contributed by atoms with Gasteiger partial charge in [0.05, 0.1) is 11.6 Å². The molecular weight excluding hydrogens is 238 g/mol. The third-order valence-corrected chi connectivity index (χ3v) is 3.94. The van der Waals surface area contributed by atoms with E-state index in [0.717, 1.165) is 4.88 Å². The standard InChI is InChI=1S/C11H15N3O2S/c1-7(9-5-12-6-17-9)13-8-3-4-10(15)14(2)11(8)16/h5-8,13H,3-4H2,1-2H3. The highest BCUT2D eigenvalue weighted by Gasteiger charge is 2.32. The lowest BCUT2D eigenvalue weighted by molar-refractivity contribution is -0.148. The quantitative estimate of drug-likeness (QED) is 0.814. The van der Waals surface area contributed by atoms with Gasteiger partial charge in [-0.3, -0.25) is 24.8 Å². The minimum absolute atomic E-state index is 0.0815. The maximum absolute atomic E-state index is 11.9. The minimum atomic E-state index is -0.269. The lowest BCUT2D eigenvalue weighted by Gasteiger charge is -2.30. The number of imide groups is 1. The van der Waals surface area contributed by atoms with Gasteiger partial charge in [0.1, 0.15) is 0 Å². The Morgan fingerprint density at radius 3 is 3.00 bits per heavy atom. The smallest absolute Gasteiger partial charge is 0.246 e. The van der Waals surface area contributed by atoms with Crippen molar-refractivity contribution in [2.75, 3.05) is 7.05 Å². The third kappa shape index (κ3) is 2.53. The van der Waals surface area contributed by atoms with E-state index in [1.54, 1.807) is 23.0 Å². The van der Waals surface area contributed by atoms with Crippen LogP contribution in [0, 0.1) is 0 Å². The number of nitrogens with one attached hydrogen (secondary N) is 1. The number of hydrogen-bond donors (Lipinski definition) is 1. The first-order valence-electron chi connectivity index (χ1n) is 5.54. The van der Waals surface area contributed by atoms with Crippen LogP contribution in [0.4, 0.5) is 0 Å². The Morgan fingerprint density at radius 2 is 2.35 bits per heavy atom. The second kappa shape index (κ2) is 4.93. The lowest BCUT2D eigenvalue weighted by atomic mass is 10.0. The molecule has 0 bridgehead atoms. The molecule has 5 nitrogen and oxygen atoms in total. The zero-order valence-corrected chi connectivity index (χ0v) is 10.7. The summed E-state index contributed by atoms with van der Waals surface area (Å²) >= 11 is 1.56. The molecule has 1 aliphatic rings. The summed E-state index contributed by atoms with van der Waals surface area (Å²) < 4.78 is 0. The van der Waals surface area contributed by atoms with E-state index in [1.807, 2.05) is 6.92 Å². The Balaban J connectivity index is 2.00. The van der Waals surface area contributed by atoms with E-state index in [4.69, 9.17) is 0 Å². The van der Waals surface area contributed by atoms with Gasteiger partial charge in [0.2, 0.25) is 11.8 Å². The number of piperidine rings is 1. The van der Waals surface area contributed by atoms with Crippen molar-refractivity contribution in [1.82, 2.24) is 15.2 Å². The summed E-state index contributed by atoms with van der Waals surface area (Å²) in [6, 6.07) is -0.187. The molecule has 1 saturated heterocycles. The first-order valence-corrected chi connectivity index (χ1v) is 6.42. The largest absolute Gasteiger partial charge is 0.298 e. The van der Waals surface area contributed by atoms with Crippen LogP contribution in [0.25, 0.3) is 0 Å². The van der Waals surface area contributed by atoms with E-state index in [-0.39, 0.29) is 23.9 Å². The summed E-state index contributed by atoms with van der Waals surface area (Å²) in [7, 11) is 1.54. The molecule has 6 heteroatoms. The Morgan fingerprint density at radius 1 is 1.59 bits per heavy atom. The van der Waals surface area contributed by atoms with Gasteiger partial charge in [-0.1, -0.05) is 0 Å². The van der Waals surface area contributed by atoms with Crippen molar-refractivity contribution in [2.45, 2.75) is 31.8 Å². The van der Waals surface area contributed by atoms with Gasteiger partial charge >= 0.3 is 0 Å². The number of likely N-dealkylation sites (tertiary alicyclic amines) is 1. The molecule has 0 radical (unpaired) electrons. The van der Waals surface area contributed by atoms with Gasteiger partial charge in [0.15, 0.2) is 0 Å². The Labute approximate surface area is 104 Å². The Kier molecular flexibility index (Phi) is 3.54. The van der Waals surface area contributed by atoms with Crippen LogP contribution in [0.2, 0.25) is 0 Å². The SMILES string of the molecule is CC(NC1CCC(=O)N(C)C1=O)c1cncs1. The van der Waals surface area contributed by atoms with E-state index in [1.165, 1.54) is 11.9 Å². The van der Waals surface area contributed by atoms with Gasteiger partial charge < -0.3 is 0 Å². The second-order valence-electron chi connectivity index (χ2n) is 4.17. The van der Waals surface area contributed by atoms with Gasteiger partial charge in [-0.2, -0.15) is 0 Å². The molecule has 0 saturated carbocycles. The molecule has 2 heterocycles. The van der Waals surface area contributed by atoms with Crippen molar-refractivity contribution in [2.24, 2.45) is 0 Å². The zero-order chi connectivity index (χ0) is 12.4. The number of rotatable bonds is 3. The van der Waals surface area contributed by atoms with Crippen LogP contribution < -0.4 is 5.32 Å². The molecule has 0 aliphatic carbocycles. The highest BCUT2D eigenvalue weighted by Crippen LogP contribution is 2.20. The van der Waals surface area contributed by atoms with Crippen LogP contribution in [-0.2, 0) is 9.59 Å². The maximum atomic E-state index is 11.9. The fraction of sp³-hybridized carbons (Fsp3) is 0.545. The predicted molar refractivity (Wildman–Crippen MR) is 64.5 cm³/mol. The summed E-state index contributed by atoms with van der Waals surface area (Å²) in [6.45, 7) is 2.00. The molecule has 1 aromatic rings. The number of carbonyl (C=O) groups is 2. The average Bonchev–Trinajstić information content (AvgIpc) is 2.83. The monoisotopic (exact) mass is 253 g/mol. The summed E-state index contributed by atoms with van der Waals surface area (Å²) in [5.41, 5.74) is 1.77. The molecule has 92 valence electrons. The number of aromatic nitrogens is 1. The fourth-order valence-corrected chi connectivity index (χ4v) is 2.53. The molecule has 1 fully saturated rings. The van der Waals surface area contributed by atoms with Crippen LogP contribution in [0.5, 0.6) is 0 Å². The van der Waals surface area contributed by atoms with Crippen molar-refractivity contribution >= 4 is 23.2 Å². The van der Waals surface area contributed by atoms with Crippen molar-refractivity contribution in [3.63, 3.8) is 0 Å². The van der Waals surface area contributed by atoms with Crippen molar-refractivity contribution in [3.05, 3.63) is 16.6 Å².